The second-order valence-corrected chi connectivity index (χ2v) is 17.6. The van der Waals surface area contributed by atoms with Gasteiger partial charge in [-0.25, -0.2) is 4.57 Å². The molecule has 59 heavy (non-hydrogen) atoms. The Morgan fingerprint density at radius 3 is 1.41 bits per heavy atom. The summed E-state index contributed by atoms with van der Waals surface area (Å²) in [6.07, 6.45) is 46.9. The van der Waals surface area contributed by atoms with E-state index in [1.807, 2.05) is 0 Å². The predicted octanol–water partition coefficient (Wildman–Crippen LogP) is 13.1. The highest BCUT2D eigenvalue weighted by molar-refractivity contribution is 7.47. The van der Waals surface area contributed by atoms with Crippen LogP contribution in [0.3, 0.4) is 0 Å². The molecule has 0 aliphatic heterocycles. The molecule has 0 aliphatic rings. The monoisotopic (exact) mass is 857 g/mol. The third-order valence-corrected chi connectivity index (χ3v) is 11.3. The van der Waals surface area contributed by atoms with E-state index < -0.39 is 51.8 Å². The van der Waals surface area contributed by atoms with Crippen molar-refractivity contribution in [2.45, 2.75) is 232 Å². The highest BCUT2D eigenvalue weighted by Crippen LogP contribution is 2.43. The maximum atomic E-state index is 12.6. The summed E-state index contributed by atoms with van der Waals surface area (Å²) in [5.74, 6) is -0.936. The average molecular weight is 857 g/mol. The number of aliphatic hydroxyl groups excluding tert-OH is 2. The van der Waals surface area contributed by atoms with Crippen molar-refractivity contribution < 1.29 is 47.8 Å². The molecule has 346 valence electrons. The Morgan fingerprint density at radius 2 is 0.932 bits per heavy atom. The lowest BCUT2D eigenvalue weighted by molar-refractivity contribution is -0.161. The maximum Gasteiger partial charge on any atom is 0.472 e. The predicted molar refractivity (Wildman–Crippen MR) is 242 cm³/mol. The molecule has 0 saturated carbocycles. The van der Waals surface area contributed by atoms with Crippen molar-refractivity contribution in [1.29, 1.82) is 0 Å². The summed E-state index contributed by atoms with van der Waals surface area (Å²) in [6.45, 7) is 2.28. The van der Waals surface area contributed by atoms with Crippen LogP contribution in [0.4, 0.5) is 0 Å². The molecule has 0 bridgehead atoms. The van der Waals surface area contributed by atoms with Crippen LogP contribution in [-0.4, -0.2) is 65.7 Å². The molecule has 0 fully saturated rings. The molecule has 0 aromatic carbocycles. The van der Waals surface area contributed by atoms with Gasteiger partial charge in [0.05, 0.1) is 19.8 Å². The largest absolute Gasteiger partial charge is 0.472 e. The highest BCUT2D eigenvalue weighted by atomic mass is 31.2. The van der Waals surface area contributed by atoms with Crippen LogP contribution in [0.25, 0.3) is 0 Å². The van der Waals surface area contributed by atoms with Gasteiger partial charge in [-0.05, 0) is 44.9 Å². The number of phosphoric ester groups is 1. The summed E-state index contributed by atoms with van der Waals surface area (Å²) in [5.41, 5.74) is 0. The van der Waals surface area contributed by atoms with Gasteiger partial charge in [-0.3, -0.25) is 18.6 Å². The van der Waals surface area contributed by atoms with Crippen LogP contribution < -0.4 is 0 Å². The smallest absolute Gasteiger partial charge is 0.462 e. The van der Waals surface area contributed by atoms with Crippen molar-refractivity contribution in [2.24, 2.45) is 0 Å². The minimum Gasteiger partial charge on any atom is -0.462 e. The summed E-state index contributed by atoms with van der Waals surface area (Å²) in [5, 5.41) is 18.4. The van der Waals surface area contributed by atoms with E-state index in [1.165, 1.54) is 109 Å². The first-order chi connectivity index (χ1) is 28.7. The third-order valence-electron chi connectivity index (χ3n) is 10.3. The Labute approximate surface area is 361 Å². The molecule has 0 aromatic rings. The van der Waals surface area contributed by atoms with Gasteiger partial charge in [0.25, 0.3) is 0 Å². The van der Waals surface area contributed by atoms with Gasteiger partial charge < -0.3 is 24.6 Å². The van der Waals surface area contributed by atoms with Crippen LogP contribution in [0.5, 0.6) is 0 Å². The average Bonchev–Trinajstić information content (AvgIpc) is 3.22. The van der Waals surface area contributed by atoms with Crippen molar-refractivity contribution in [3.8, 4) is 0 Å². The Bertz CT molecular complexity index is 1080. The number of ether oxygens (including phenoxy) is 2. The zero-order valence-corrected chi connectivity index (χ0v) is 38.6. The van der Waals surface area contributed by atoms with Crippen molar-refractivity contribution in [2.75, 3.05) is 26.4 Å². The molecule has 0 aromatic heterocycles. The molecule has 0 radical (unpaired) electrons. The quantitative estimate of drug-likeness (QED) is 0.0234. The Morgan fingerprint density at radius 1 is 0.525 bits per heavy atom. The molecule has 0 aliphatic carbocycles. The molecule has 11 heteroatoms. The van der Waals surface area contributed by atoms with Crippen molar-refractivity contribution in [3.63, 3.8) is 0 Å². The number of esters is 2. The zero-order valence-electron chi connectivity index (χ0n) is 37.7. The number of rotatable bonds is 45. The molecule has 3 atom stereocenters. The van der Waals surface area contributed by atoms with Gasteiger partial charge in [-0.1, -0.05) is 198 Å². The van der Waals surface area contributed by atoms with Gasteiger partial charge in [-0.15, -0.1) is 0 Å². The van der Waals surface area contributed by atoms with Gasteiger partial charge in [0, 0.05) is 12.8 Å². The fourth-order valence-electron chi connectivity index (χ4n) is 6.66. The highest BCUT2D eigenvalue weighted by Gasteiger charge is 2.27. The number of unbranched alkanes of at least 4 members (excludes halogenated alkanes) is 25. The van der Waals surface area contributed by atoms with Crippen molar-refractivity contribution in [1.82, 2.24) is 0 Å². The minimum absolute atomic E-state index is 0.166. The molecule has 0 spiro atoms. The summed E-state index contributed by atoms with van der Waals surface area (Å²) in [4.78, 5) is 35.1. The van der Waals surface area contributed by atoms with E-state index in [0.29, 0.717) is 12.8 Å². The van der Waals surface area contributed by atoms with E-state index >= 15 is 0 Å². The lowest BCUT2D eigenvalue weighted by Gasteiger charge is -2.20. The second-order valence-electron chi connectivity index (χ2n) is 16.1. The van der Waals surface area contributed by atoms with Gasteiger partial charge in [-0.2, -0.15) is 0 Å². The first-order valence-electron chi connectivity index (χ1n) is 23.9. The molecule has 0 rings (SSSR count). The van der Waals surface area contributed by atoms with Crippen LogP contribution >= 0.6 is 7.82 Å². The molecule has 10 nitrogen and oxygen atoms in total. The number of carbonyl (C=O) groups excluding carboxylic acids is 2. The SMILES string of the molecule is CC/C=C/C/C=C/C/C=C/CCCCCCCC(=O)O[C@@H](COC(=O)CCCCCCCCCCCCCCCCCCCCCCC)COP(=O)(O)OC[C@H](O)CO. The number of allylic oxidation sites excluding steroid dienone is 6. The van der Waals surface area contributed by atoms with Crippen LogP contribution in [0.1, 0.15) is 219 Å². The minimum atomic E-state index is -4.62. The van der Waals surface area contributed by atoms with Crippen LogP contribution in [0.2, 0.25) is 0 Å². The Hall–Kier alpha value is -1.81. The Balaban J connectivity index is 4.18. The van der Waals surface area contributed by atoms with Crippen LogP contribution in [-0.2, 0) is 32.7 Å². The van der Waals surface area contributed by atoms with Crippen molar-refractivity contribution >= 4 is 19.8 Å². The maximum absolute atomic E-state index is 12.6. The van der Waals surface area contributed by atoms with Crippen LogP contribution in [0, 0.1) is 0 Å². The van der Waals surface area contributed by atoms with Gasteiger partial charge in [0.15, 0.2) is 6.10 Å². The fourth-order valence-corrected chi connectivity index (χ4v) is 7.45. The number of carbonyl (C=O) groups is 2. The summed E-state index contributed by atoms with van der Waals surface area (Å²) in [6, 6.07) is 0. The number of hydrogen-bond acceptors (Lipinski definition) is 9. The number of hydrogen-bond donors (Lipinski definition) is 3. The molecular weight excluding hydrogens is 767 g/mol. The van der Waals surface area contributed by atoms with Gasteiger partial charge >= 0.3 is 19.8 Å². The third kappa shape index (κ3) is 44.1. The number of phosphoric acid groups is 1. The number of aliphatic hydroxyl groups is 2. The first kappa shape index (κ1) is 57.2. The van der Waals surface area contributed by atoms with E-state index in [4.69, 9.17) is 23.6 Å². The lowest BCUT2D eigenvalue weighted by atomic mass is 10.0. The first-order valence-corrected chi connectivity index (χ1v) is 25.4. The summed E-state index contributed by atoms with van der Waals surface area (Å²) < 4.78 is 32.8. The molecule has 0 heterocycles. The zero-order chi connectivity index (χ0) is 43.3. The van der Waals surface area contributed by atoms with Crippen molar-refractivity contribution in [3.05, 3.63) is 36.5 Å². The van der Waals surface area contributed by atoms with E-state index in [1.54, 1.807) is 0 Å². The van der Waals surface area contributed by atoms with Gasteiger partial charge in [0.2, 0.25) is 0 Å². The Kier molecular flexibility index (Phi) is 42.9. The fraction of sp³-hybridized carbons (Fsp3) is 0.833. The standard InChI is InChI=1S/C48H89O10P/c1-3-5-7-9-11-13-15-17-19-20-21-22-23-24-26-27-29-31-33-35-37-39-47(51)55-43-46(44-57-59(53,54)56-42-45(50)41-49)58-48(52)40-38-36-34-32-30-28-25-18-16-14-12-10-8-6-4-2/h6,8,12,14,18,25,45-46,49-50H,3-5,7,9-11,13,15-17,19-24,26-44H2,1-2H3,(H,53,54)/b8-6+,14-12+,25-18+/t45-,46+/m1/s1. The lowest BCUT2D eigenvalue weighted by Crippen LogP contribution is -2.29. The molecule has 1 unspecified atom stereocenters. The normalized spacial score (nSPS) is 14.1. The molecular formula is C48H89O10P. The molecule has 0 amide bonds. The summed E-state index contributed by atoms with van der Waals surface area (Å²) in [7, 11) is -4.62. The van der Waals surface area contributed by atoms with Crippen LogP contribution in [0.15, 0.2) is 36.5 Å². The van der Waals surface area contributed by atoms with E-state index in [2.05, 4.69) is 50.3 Å². The van der Waals surface area contributed by atoms with Gasteiger partial charge in [0.1, 0.15) is 12.7 Å². The topological polar surface area (TPSA) is 149 Å². The molecule has 0 saturated heterocycles. The van der Waals surface area contributed by atoms with E-state index in [0.717, 1.165) is 70.6 Å². The van der Waals surface area contributed by atoms with E-state index in [9.17, 15) is 24.2 Å². The summed E-state index contributed by atoms with van der Waals surface area (Å²) >= 11 is 0. The van der Waals surface area contributed by atoms with E-state index in [-0.39, 0.29) is 19.4 Å². The second kappa shape index (κ2) is 44.3. The molecule has 3 N–H and O–H groups in total.